The van der Waals surface area contributed by atoms with E-state index in [-0.39, 0.29) is 24.1 Å². The normalized spacial score (nSPS) is 11.6. The van der Waals surface area contributed by atoms with Crippen LogP contribution in [0.5, 0.6) is 5.75 Å². The summed E-state index contributed by atoms with van der Waals surface area (Å²) in [4.78, 5) is 16.9. The van der Waals surface area contributed by atoms with Gasteiger partial charge in [0, 0.05) is 6.20 Å². The van der Waals surface area contributed by atoms with E-state index in [2.05, 4.69) is 10.3 Å². The Bertz CT molecular complexity index is 830. The minimum absolute atomic E-state index is 0.0665. The summed E-state index contributed by atoms with van der Waals surface area (Å²) in [7, 11) is 1.40. The fourth-order valence-electron chi connectivity index (χ4n) is 2.74. The molecule has 1 heterocycles. The molecule has 0 aliphatic heterocycles. The van der Waals surface area contributed by atoms with E-state index in [1.807, 2.05) is 48.5 Å². The van der Waals surface area contributed by atoms with Gasteiger partial charge < -0.3 is 10.1 Å². The second-order valence-electron chi connectivity index (χ2n) is 5.81. The largest absolute Gasteiger partial charge is 0.494 e. The van der Waals surface area contributed by atoms with Gasteiger partial charge in [-0.3, -0.25) is 9.78 Å². The Kier molecular flexibility index (Phi) is 5.59. The van der Waals surface area contributed by atoms with E-state index in [9.17, 15) is 9.18 Å². The molecule has 0 saturated heterocycles. The van der Waals surface area contributed by atoms with Gasteiger partial charge >= 0.3 is 0 Å². The lowest BCUT2D eigenvalue weighted by Gasteiger charge is -2.19. The number of hydrogen-bond acceptors (Lipinski definition) is 3. The number of pyridine rings is 1. The summed E-state index contributed by atoms with van der Waals surface area (Å²) < 4.78 is 18.7. The van der Waals surface area contributed by atoms with Crippen molar-refractivity contribution in [2.24, 2.45) is 0 Å². The van der Waals surface area contributed by atoms with Crippen molar-refractivity contribution in [2.75, 3.05) is 7.11 Å². The monoisotopic (exact) mass is 350 g/mol. The molecule has 0 saturated carbocycles. The molecule has 5 heteroatoms. The zero-order chi connectivity index (χ0) is 18.4. The molecular weight excluding hydrogens is 331 g/mol. The fraction of sp³-hybridized carbons (Fsp3) is 0.143. The molecule has 2 aromatic carbocycles. The second-order valence-corrected chi connectivity index (χ2v) is 5.81. The van der Waals surface area contributed by atoms with Gasteiger partial charge in [0.1, 0.15) is 0 Å². The molecule has 1 atom stereocenters. The highest BCUT2D eigenvalue weighted by Crippen LogP contribution is 2.21. The van der Waals surface area contributed by atoms with E-state index in [1.165, 1.54) is 19.2 Å². The number of aromatic nitrogens is 1. The van der Waals surface area contributed by atoms with Crippen molar-refractivity contribution in [2.45, 2.75) is 12.5 Å². The number of carbonyl (C=O) groups excluding carboxylic acids is 1. The zero-order valence-corrected chi connectivity index (χ0v) is 14.4. The van der Waals surface area contributed by atoms with Crippen molar-refractivity contribution in [3.05, 3.63) is 95.6 Å². The number of benzene rings is 2. The van der Waals surface area contributed by atoms with Crippen LogP contribution in [-0.4, -0.2) is 18.0 Å². The summed E-state index contributed by atoms with van der Waals surface area (Å²) >= 11 is 0. The van der Waals surface area contributed by atoms with E-state index in [4.69, 9.17) is 4.74 Å². The Morgan fingerprint density at radius 3 is 2.54 bits per heavy atom. The van der Waals surface area contributed by atoms with Crippen molar-refractivity contribution in [1.82, 2.24) is 10.3 Å². The molecule has 3 aromatic rings. The molecule has 3 rings (SSSR count). The number of halogens is 1. The minimum Gasteiger partial charge on any atom is -0.494 e. The van der Waals surface area contributed by atoms with Gasteiger partial charge in [-0.15, -0.1) is 0 Å². The van der Waals surface area contributed by atoms with Crippen molar-refractivity contribution in [1.29, 1.82) is 0 Å². The summed E-state index contributed by atoms with van der Waals surface area (Å²) in [6.07, 6.45) is 1.76. The molecule has 1 aromatic heterocycles. The summed E-state index contributed by atoms with van der Waals surface area (Å²) in [6.45, 7) is 0. The number of amides is 1. The number of nitrogens with one attached hydrogen (secondary N) is 1. The number of nitrogens with zero attached hydrogens (tertiary/aromatic N) is 1. The molecule has 0 radical (unpaired) electrons. The number of ether oxygens (including phenoxy) is 1. The number of carbonyl (C=O) groups is 1. The maximum Gasteiger partial charge on any atom is 0.225 e. The SMILES string of the molecule is COc1ccc(CC(=O)NC(c2ccccc2)c2ccccn2)cc1F. The van der Waals surface area contributed by atoms with Gasteiger partial charge in [0.25, 0.3) is 0 Å². The van der Waals surface area contributed by atoms with Gasteiger partial charge in [-0.1, -0.05) is 42.5 Å². The Labute approximate surface area is 151 Å². The van der Waals surface area contributed by atoms with Crippen molar-refractivity contribution in [3.63, 3.8) is 0 Å². The first kappa shape index (κ1) is 17.6. The first-order chi connectivity index (χ1) is 12.7. The highest BCUT2D eigenvalue weighted by Gasteiger charge is 2.18. The average Bonchev–Trinajstić information content (AvgIpc) is 2.68. The van der Waals surface area contributed by atoms with E-state index < -0.39 is 5.82 Å². The first-order valence-electron chi connectivity index (χ1n) is 8.25. The molecule has 1 N–H and O–H groups in total. The van der Waals surface area contributed by atoms with Gasteiger partial charge in [0.05, 0.1) is 25.3 Å². The third kappa shape index (κ3) is 4.25. The molecule has 0 fully saturated rings. The van der Waals surface area contributed by atoms with Crippen molar-refractivity contribution >= 4 is 5.91 Å². The third-order valence-corrected chi connectivity index (χ3v) is 4.00. The van der Waals surface area contributed by atoms with Gasteiger partial charge in [0.15, 0.2) is 11.6 Å². The minimum atomic E-state index is -0.484. The van der Waals surface area contributed by atoms with Gasteiger partial charge in [-0.2, -0.15) is 0 Å². The number of rotatable bonds is 6. The van der Waals surface area contributed by atoms with Crippen LogP contribution < -0.4 is 10.1 Å². The molecule has 0 bridgehead atoms. The van der Waals surface area contributed by atoms with E-state index in [1.54, 1.807) is 12.3 Å². The van der Waals surface area contributed by atoms with Crippen LogP contribution >= 0.6 is 0 Å². The Morgan fingerprint density at radius 1 is 1.12 bits per heavy atom. The lowest BCUT2D eigenvalue weighted by atomic mass is 10.0. The fourth-order valence-corrected chi connectivity index (χ4v) is 2.74. The number of methoxy groups -OCH3 is 1. The van der Waals surface area contributed by atoms with Crippen LogP contribution in [0.2, 0.25) is 0 Å². The Morgan fingerprint density at radius 2 is 1.88 bits per heavy atom. The van der Waals surface area contributed by atoms with Gasteiger partial charge in [-0.05, 0) is 35.4 Å². The van der Waals surface area contributed by atoms with Crippen molar-refractivity contribution in [3.8, 4) is 5.75 Å². The van der Waals surface area contributed by atoms with Crippen LogP contribution in [0.3, 0.4) is 0 Å². The summed E-state index contributed by atoms with van der Waals surface area (Å²) in [5.74, 6) is -0.541. The summed E-state index contributed by atoms with van der Waals surface area (Å²) in [5, 5.41) is 2.99. The molecule has 132 valence electrons. The predicted molar refractivity (Wildman–Crippen MR) is 97.3 cm³/mol. The van der Waals surface area contributed by atoms with Crippen LogP contribution in [0.25, 0.3) is 0 Å². The standard InChI is InChI=1S/C21H19FN2O2/c1-26-19-11-10-15(13-17(19)22)14-20(25)24-21(16-7-3-2-4-8-16)18-9-5-6-12-23-18/h2-13,21H,14H2,1H3,(H,24,25). The van der Waals surface area contributed by atoms with E-state index >= 15 is 0 Å². The molecular formula is C21H19FN2O2. The number of hydrogen-bond donors (Lipinski definition) is 1. The Balaban J connectivity index is 1.79. The Hall–Kier alpha value is -3.21. The molecule has 0 spiro atoms. The van der Waals surface area contributed by atoms with Crippen LogP contribution in [0.1, 0.15) is 22.9 Å². The third-order valence-electron chi connectivity index (χ3n) is 4.00. The maximum absolute atomic E-state index is 13.8. The van der Waals surface area contributed by atoms with Crippen LogP contribution in [0.4, 0.5) is 4.39 Å². The zero-order valence-electron chi connectivity index (χ0n) is 14.4. The highest BCUT2D eigenvalue weighted by atomic mass is 19.1. The first-order valence-corrected chi connectivity index (χ1v) is 8.25. The average molecular weight is 350 g/mol. The lowest BCUT2D eigenvalue weighted by Crippen LogP contribution is -2.31. The predicted octanol–water partition coefficient (Wildman–Crippen LogP) is 3.68. The maximum atomic E-state index is 13.8. The molecule has 0 aliphatic carbocycles. The van der Waals surface area contributed by atoms with Gasteiger partial charge in [0.2, 0.25) is 5.91 Å². The van der Waals surface area contributed by atoms with Crippen molar-refractivity contribution < 1.29 is 13.9 Å². The van der Waals surface area contributed by atoms with E-state index in [0.717, 1.165) is 11.3 Å². The van der Waals surface area contributed by atoms with E-state index in [0.29, 0.717) is 5.56 Å². The molecule has 4 nitrogen and oxygen atoms in total. The topological polar surface area (TPSA) is 51.2 Å². The smallest absolute Gasteiger partial charge is 0.225 e. The summed E-state index contributed by atoms with van der Waals surface area (Å²) in [6, 6.07) is 19.3. The van der Waals surface area contributed by atoms with Crippen LogP contribution in [0.15, 0.2) is 72.9 Å². The molecule has 1 amide bonds. The molecule has 1 unspecified atom stereocenters. The lowest BCUT2D eigenvalue weighted by molar-refractivity contribution is -0.121. The molecule has 0 aliphatic rings. The van der Waals surface area contributed by atoms with Crippen LogP contribution in [-0.2, 0) is 11.2 Å². The molecule has 26 heavy (non-hydrogen) atoms. The van der Waals surface area contributed by atoms with Gasteiger partial charge in [-0.25, -0.2) is 4.39 Å². The highest BCUT2D eigenvalue weighted by molar-refractivity contribution is 5.79. The quantitative estimate of drug-likeness (QED) is 0.738. The second kappa shape index (κ2) is 8.25. The summed E-state index contributed by atoms with van der Waals surface area (Å²) in [5.41, 5.74) is 2.25. The van der Waals surface area contributed by atoms with Crippen LogP contribution in [0, 0.1) is 5.82 Å².